The van der Waals surface area contributed by atoms with Crippen molar-refractivity contribution in [1.29, 1.82) is 0 Å². The number of nitrogens with one attached hydrogen (secondary N) is 2. The molecule has 0 bridgehead atoms. The predicted molar refractivity (Wildman–Crippen MR) is 60.3 cm³/mol. The van der Waals surface area contributed by atoms with E-state index in [2.05, 4.69) is 5.32 Å². The van der Waals surface area contributed by atoms with Crippen LogP contribution >= 0.6 is 0 Å². The molecule has 0 saturated carbocycles. The largest absolute Gasteiger partial charge is 0.338 e. The Balaban J connectivity index is 3.02. The molecule has 0 atom stereocenters. The molecule has 0 unspecified atom stereocenters. The Labute approximate surface area is 101 Å². The molecule has 2 N–H and O–H groups in total. The second kappa shape index (κ2) is 5.89. The number of nitrogens with zero attached hydrogens (tertiary/aromatic N) is 1. The highest BCUT2D eigenvalue weighted by Gasteiger charge is 2.23. The Morgan fingerprint density at radius 1 is 1.44 bits per heavy atom. The maximum absolute atomic E-state index is 13.4. The minimum atomic E-state index is -1.46. The van der Waals surface area contributed by atoms with E-state index < -0.39 is 34.0 Å². The summed E-state index contributed by atoms with van der Waals surface area (Å²) < 4.78 is 26.3. The van der Waals surface area contributed by atoms with Crippen LogP contribution in [0, 0.1) is 21.7 Å². The van der Waals surface area contributed by atoms with Gasteiger partial charge in [0.05, 0.1) is 4.92 Å². The highest BCUT2D eigenvalue weighted by molar-refractivity contribution is 5.91. The summed E-state index contributed by atoms with van der Waals surface area (Å²) in [6.07, 6.45) is 0.640. The Morgan fingerprint density at radius 2 is 2.11 bits per heavy atom. The quantitative estimate of drug-likeness (QED) is 0.643. The zero-order valence-corrected chi connectivity index (χ0v) is 9.50. The second-order valence-electron chi connectivity index (χ2n) is 3.39. The van der Waals surface area contributed by atoms with Crippen molar-refractivity contribution < 1.29 is 18.5 Å². The second-order valence-corrected chi connectivity index (χ2v) is 3.39. The molecule has 0 aliphatic heterocycles. The van der Waals surface area contributed by atoms with E-state index in [0.29, 0.717) is 19.0 Å². The molecular weight excluding hydrogens is 248 g/mol. The normalized spacial score (nSPS) is 9.94. The molecule has 2 amide bonds. The van der Waals surface area contributed by atoms with Crippen LogP contribution in [0.1, 0.15) is 13.3 Å². The number of rotatable bonds is 4. The highest BCUT2D eigenvalue weighted by atomic mass is 19.2. The molecule has 0 saturated heterocycles. The molecule has 0 fully saturated rings. The van der Waals surface area contributed by atoms with Gasteiger partial charge in [-0.25, -0.2) is 13.6 Å². The van der Waals surface area contributed by atoms with E-state index in [1.54, 1.807) is 6.92 Å². The first kappa shape index (κ1) is 13.8. The maximum Gasteiger partial charge on any atom is 0.319 e. The van der Waals surface area contributed by atoms with Gasteiger partial charge in [0.1, 0.15) is 0 Å². The van der Waals surface area contributed by atoms with E-state index in [0.717, 1.165) is 6.07 Å². The van der Waals surface area contributed by atoms with Crippen LogP contribution < -0.4 is 10.6 Å². The zero-order valence-electron chi connectivity index (χ0n) is 9.50. The van der Waals surface area contributed by atoms with Crippen molar-refractivity contribution in [3.63, 3.8) is 0 Å². The minimum absolute atomic E-state index is 0.316. The number of amides is 2. The van der Waals surface area contributed by atoms with Gasteiger partial charge in [-0.05, 0) is 12.5 Å². The van der Waals surface area contributed by atoms with E-state index in [1.165, 1.54) is 0 Å². The van der Waals surface area contributed by atoms with Crippen LogP contribution in [-0.2, 0) is 0 Å². The van der Waals surface area contributed by atoms with Crippen molar-refractivity contribution in [2.24, 2.45) is 0 Å². The first-order valence-electron chi connectivity index (χ1n) is 5.14. The third kappa shape index (κ3) is 3.12. The summed E-state index contributed by atoms with van der Waals surface area (Å²) in [5.41, 5.74) is -1.49. The molecule has 0 aromatic heterocycles. The Morgan fingerprint density at radius 3 is 2.67 bits per heavy atom. The summed E-state index contributed by atoms with van der Waals surface area (Å²) in [6.45, 7) is 2.11. The SMILES string of the molecule is CCCNC(=O)Nc1c([N+](=O)[O-])ccc(F)c1F. The summed E-state index contributed by atoms with van der Waals surface area (Å²) in [5, 5.41) is 14.9. The van der Waals surface area contributed by atoms with Crippen LogP contribution in [0.4, 0.5) is 25.0 Å². The summed E-state index contributed by atoms with van der Waals surface area (Å²) in [6, 6.07) is 0.584. The smallest absolute Gasteiger partial charge is 0.319 e. The number of benzene rings is 1. The van der Waals surface area contributed by atoms with Gasteiger partial charge in [-0.3, -0.25) is 15.4 Å². The van der Waals surface area contributed by atoms with E-state index >= 15 is 0 Å². The van der Waals surface area contributed by atoms with E-state index in [1.807, 2.05) is 5.32 Å². The molecule has 1 aromatic rings. The van der Waals surface area contributed by atoms with Crippen molar-refractivity contribution >= 4 is 17.4 Å². The van der Waals surface area contributed by atoms with Crippen molar-refractivity contribution in [1.82, 2.24) is 5.32 Å². The molecule has 0 spiro atoms. The van der Waals surface area contributed by atoms with Gasteiger partial charge >= 0.3 is 6.03 Å². The van der Waals surface area contributed by atoms with Gasteiger partial charge in [0.15, 0.2) is 17.3 Å². The lowest BCUT2D eigenvalue weighted by atomic mass is 10.2. The van der Waals surface area contributed by atoms with Crippen LogP contribution in [-0.4, -0.2) is 17.5 Å². The third-order valence-electron chi connectivity index (χ3n) is 2.04. The van der Waals surface area contributed by atoms with Gasteiger partial charge in [-0.1, -0.05) is 6.92 Å². The summed E-state index contributed by atoms with van der Waals surface area (Å²) in [7, 11) is 0. The number of hydrogen-bond acceptors (Lipinski definition) is 3. The first-order chi connectivity index (χ1) is 8.47. The maximum atomic E-state index is 13.4. The molecule has 18 heavy (non-hydrogen) atoms. The predicted octanol–water partition coefficient (Wildman–Crippen LogP) is 2.40. The lowest BCUT2D eigenvalue weighted by Crippen LogP contribution is -2.30. The van der Waals surface area contributed by atoms with E-state index in [4.69, 9.17) is 0 Å². The van der Waals surface area contributed by atoms with Crippen LogP contribution in [0.5, 0.6) is 0 Å². The third-order valence-corrected chi connectivity index (χ3v) is 2.04. The topological polar surface area (TPSA) is 84.3 Å². The molecule has 0 aliphatic rings. The minimum Gasteiger partial charge on any atom is -0.338 e. The van der Waals surface area contributed by atoms with Crippen molar-refractivity contribution in [3.05, 3.63) is 33.9 Å². The van der Waals surface area contributed by atoms with E-state index in [9.17, 15) is 23.7 Å². The van der Waals surface area contributed by atoms with Gasteiger partial charge < -0.3 is 5.32 Å². The molecular formula is C10H11F2N3O3. The van der Waals surface area contributed by atoms with Crippen LogP contribution in [0.25, 0.3) is 0 Å². The molecule has 0 radical (unpaired) electrons. The molecule has 8 heteroatoms. The molecule has 0 heterocycles. The number of hydrogen-bond donors (Lipinski definition) is 2. The fourth-order valence-electron chi connectivity index (χ4n) is 1.21. The fourth-order valence-corrected chi connectivity index (χ4v) is 1.21. The van der Waals surface area contributed by atoms with Crippen molar-refractivity contribution in [2.45, 2.75) is 13.3 Å². The Hall–Kier alpha value is -2.25. The number of carbonyl (C=O) groups is 1. The number of nitro benzene ring substituents is 1. The lowest BCUT2D eigenvalue weighted by Gasteiger charge is -2.08. The average Bonchev–Trinajstić information content (AvgIpc) is 2.32. The summed E-state index contributed by atoms with van der Waals surface area (Å²) >= 11 is 0. The summed E-state index contributed by atoms with van der Waals surface area (Å²) in [5.74, 6) is -2.73. The van der Waals surface area contributed by atoms with Crippen LogP contribution in [0.15, 0.2) is 12.1 Å². The van der Waals surface area contributed by atoms with Crippen LogP contribution in [0.3, 0.4) is 0 Å². The summed E-state index contributed by atoms with van der Waals surface area (Å²) in [4.78, 5) is 21.0. The average molecular weight is 259 g/mol. The standard InChI is InChI=1S/C10H11F2N3O3/c1-2-5-13-10(16)14-9-7(15(17)18)4-3-6(11)8(9)12/h3-4H,2,5H2,1H3,(H2,13,14,16). The van der Waals surface area contributed by atoms with Gasteiger partial charge in [0.25, 0.3) is 5.69 Å². The molecule has 1 rings (SSSR count). The van der Waals surface area contributed by atoms with Crippen molar-refractivity contribution in [2.75, 3.05) is 11.9 Å². The van der Waals surface area contributed by atoms with Gasteiger partial charge in [0.2, 0.25) is 0 Å². The van der Waals surface area contributed by atoms with E-state index in [-0.39, 0.29) is 0 Å². The monoisotopic (exact) mass is 259 g/mol. The number of carbonyl (C=O) groups excluding carboxylic acids is 1. The molecule has 0 aliphatic carbocycles. The van der Waals surface area contributed by atoms with Gasteiger partial charge in [-0.2, -0.15) is 0 Å². The number of urea groups is 1. The zero-order chi connectivity index (χ0) is 13.7. The molecule has 1 aromatic carbocycles. The van der Waals surface area contributed by atoms with Crippen molar-refractivity contribution in [3.8, 4) is 0 Å². The van der Waals surface area contributed by atoms with Gasteiger partial charge in [0, 0.05) is 12.6 Å². The Bertz CT molecular complexity index is 480. The lowest BCUT2D eigenvalue weighted by molar-refractivity contribution is -0.384. The Kier molecular flexibility index (Phi) is 4.52. The number of halogens is 2. The van der Waals surface area contributed by atoms with Gasteiger partial charge in [-0.15, -0.1) is 0 Å². The highest BCUT2D eigenvalue weighted by Crippen LogP contribution is 2.28. The van der Waals surface area contributed by atoms with Crippen LogP contribution in [0.2, 0.25) is 0 Å². The number of anilines is 1. The number of nitro groups is 1. The fraction of sp³-hybridized carbons (Fsp3) is 0.300. The molecule has 98 valence electrons. The molecule has 6 nitrogen and oxygen atoms in total. The first-order valence-corrected chi connectivity index (χ1v) is 5.14.